The Morgan fingerprint density at radius 3 is 2.39 bits per heavy atom. The fraction of sp³-hybridized carbons (Fsp3) is 0.385. The van der Waals surface area contributed by atoms with Crippen LogP contribution >= 0.6 is 0 Å². The molecule has 0 saturated heterocycles. The van der Waals surface area contributed by atoms with E-state index in [-0.39, 0.29) is 11.3 Å². The number of benzene rings is 1. The summed E-state index contributed by atoms with van der Waals surface area (Å²) in [6, 6.07) is 4.88. The zero-order valence-corrected chi connectivity index (χ0v) is 11.0. The second-order valence-corrected chi connectivity index (χ2v) is 5.13. The number of carbonyl (C=O) groups excluding carboxylic acids is 2. The Morgan fingerprint density at radius 2 is 1.89 bits per heavy atom. The highest BCUT2D eigenvalue weighted by atomic mass is 16.6. The molecule has 18 heavy (non-hydrogen) atoms. The lowest BCUT2D eigenvalue weighted by Gasteiger charge is -2.20. The summed E-state index contributed by atoms with van der Waals surface area (Å²) in [4.78, 5) is 22.9. The molecule has 0 fully saturated rings. The van der Waals surface area contributed by atoms with E-state index in [0.717, 1.165) is 5.56 Å². The summed E-state index contributed by atoms with van der Waals surface area (Å²) < 4.78 is 5.09. The first-order valence-electron chi connectivity index (χ1n) is 5.59. The monoisotopic (exact) mass is 250 g/mol. The van der Waals surface area contributed by atoms with Crippen LogP contribution in [0.5, 0.6) is 5.75 Å². The first-order chi connectivity index (χ1) is 8.19. The molecule has 0 bridgehead atoms. The van der Waals surface area contributed by atoms with Gasteiger partial charge in [-0.15, -0.1) is 0 Å². The van der Waals surface area contributed by atoms with Crippen molar-refractivity contribution >= 4 is 12.0 Å². The van der Waals surface area contributed by atoms with Crippen molar-refractivity contribution in [1.29, 1.82) is 0 Å². The summed E-state index contributed by atoms with van der Waals surface area (Å²) in [5.41, 5.74) is 5.89. The normalized spacial score (nSPS) is 10.9. The van der Waals surface area contributed by atoms with Crippen LogP contribution in [0.1, 0.15) is 36.7 Å². The van der Waals surface area contributed by atoms with E-state index in [2.05, 4.69) is 5.32 Å². The van der Waals surface area contributed by atoms with Gasteiger partial charge in [0.15, 0.2) is 0 Å². The van der Waals surface area contributed by atoms with Crippen molar-refractivity contribution in [1.82, 2.24) is 5.32 Å². The second kappa shape index (κ2) is 5.08. The Labute approximate surface area is 106 Å². The maximum Gasteiger partial charge on any atom is 0.413 e. The SMILES string of the molecule is Cc1ccc(OC(=O)NC(C)(C)C)c(C(N)=O)c1. The van der Waals surface area contributed by atoms with Crippen LogP contribution in [-0.2, 0) is 0 Å². The van der Waals surface area contributed by atoms with Crippen molar-refractivity contribution in [3.63, 3.8) is 0 Å². The summed E-state index contributed by atoms with van der Waals surface area (Å²) in [7, 11) is 0. The molecule has 0 aliphatic rings. The van der Waals surface area contributed by atoms with Gasteiger partial charge in [-0.25, -0.2) is 4.79 Å². The lowest BCUT2D eigenvalue weighted by atomic mass is 10.1. The van der Waals surface area contributed by atoms with Crippen molar-refractivity contribution in [3.05, 3.63) is 29.3 Å². The van der Waals surface area contributed by atoms with Gasteiger partial charge in [0.05, 0.1) is 5.56 Å². The summed E-state index contributed by atoms with van der Waals surface area (Å²) >= 11 is 0. The molecule has 0 aromatic heterocycles. The molecular weight excluding hydrogens is 232 g/mol. The smallest absolute Gasteiger partial charge is 0.409 e. The number of amides is 2. The molecule has 0 saturated carbocycles. The summed E-state index contributed by atoms with van der Waals surface area (Å²) in [5.74, 6) is -0.466. The van der Waals surface area contributed by atoms with Gasteiger partial charge in [0.2, 0.25) is 0 Å². The number of ether oxygens (including phenoxy) is 1. The molecule has 1 aromatic carbocycles. The van der Waals surface area contributed by atoms with Gasteiger partial charge in [-0.3, -0.25) is 4.79 Å². The third-order valence-electron chi connectivity index (χ3n) is 2.08. The van der Waals surface area contributed by atoms with Crippen LogP contribution in [0.15, 0.2) is 18.2 Å². The Hall–Kier alpha value is -2.04. The third kappa shape index (κ3) is 4.08. The van der Waals surface area contributed by atoms with E-state index in [1.54, 1.807) is 18.2 Å². The van der Waals surface area contributed by atoms with Gasteiger partial charge in [0.1, 0.15) is 5.75 Å². The molecule has 0 unspecified atom stereocenters. The summed E-state index contributed by atoms with van der Waals surface area (Å²) in [6.45, 7) is 7.32. The minimum absolute atomic E-state index is 0.162. The number of rotatable bonds is 2. The highest BCUT2D eigenvalue weighted by Gasteiger charge is 2.18. The summed E-state index contributed by atoms with van der Waals surface area (Å²) in [6.07, 6.45) is -0.617. The van der Waals surface area contributed by atoms with Gasteiger partial charge >= 0.3 is 6.09 Å². The topological polar surface area (TPSA) is 81.4 Å². The number of nitrogens with one attached hydrogen (secondary N) is 1. The average molecular weight is 250 g/mol. The molecule has 3 N–H and O–H groups in total. The van der Waals surface area contributed by atoms with Crippen molar-refractivity contribution in [2.45, 2.75) is 33.2 Å². The van der Waals surface area contributed by atoms with E-state index in [9.17, 15) is 9.59 Å². The van der Waals surface area contributed by atoms with E-state index in [0.29, 0.717) is 0 Å². The van der Waals surface area contributed by atoms with Crippen molar-refractivity contribution in [3.8, 4) is 5.75 Å². The first-order valence-corrected chi connectivity index (χ1v) is 5.59. The van der Waals surface area contributed by atoms with Gasteiger partial charge in [0.25, 0.3) is 5.91 Å². The van der Waals surface area contributed by atoms with Gasteiger partial charge in [-0.2, -0.15) is 0 Å². The molecule has 1 aromatic rings. The Kier molecular flexibility index (Phi) is 3.96. The van der Waals surface area contributed by atoms with Crippen molar-refractivity contribution in [2.75, 3.05) is 0 Å². The molecular formula is C13H18N2O3. The van der Waals surface area contributed by atoms with Gasteiger partial charge in [-0.1, -0.05) is 11.6 Å². The predicted molar refractivity (Wildman–Crippen MR) is 68.6 cm³/mol. The molecule has 0 aliphatic carbocycles. The minimum atomic E-state index is -0.628. The molecule has 0 spiro atoms. The molecule has 0 aliphatic heterocycles. The molecule has 0 atom stereocenters. The van der Waals surface area contributed by atoms with E-state index in [1.807, 2.05) is 27.7 Å². The summed E-state index contributed by atoms with van der Waals surface area (Å²) in [5, 5.41) is 2.64. The third-order valence-corrected chi connectivity index (χ3v) is 2.08. The van der Waals surface area contributed by atoms with Crippen LogP contribution in [0.3, 0.4) is 0 Å². The largest absolute Gasteiger partial charge is 0.413 e. The molecule has 1 rings (SSSR count). The number of hydrogen-bond acceptors (Lipinski definition) is 3. The van der Waals surface area contributed by atoms with Crippen LogP contribution in [-0.4, -0.2) is 17.5 Å². The first kappa shape index (κ1) is 14.0. The van der Waals surface area contributed by atoms with E-state index < -0.39 is 17.5 Å². The van der Waals surface area contributed by atoms with Gasteiger partial charge in [-0.05, 0) is 39.8 Å². The van der Waals surface area contributed by atoms with E-state index >= 15 is 0 Å². The fourth-order valence-corrected chi connectivity index (χ4v) is 1.36. The standard InChI is InChI=1S/C13H18N2O3/c1-8-5-6-10(9(7-8)11(14)16)18-12(17)15-13(2,3)4/h5-7H,1-4H3,(H2,14,16)(H,15,17). The maximum absolute atomic E-state index is 11.6. The number of primary amides is 1. The van der Waals surface area contributed by atoms with Crippen LogP contribution in [0.4, 0.5) is 4.79 Å². The van der Waals surface area contributed by atoms with Crippen LogP contribution < -0.4 is 15.8 Å². The van der Waals surface area contributed by atoms with Crippen molar-refractivity contribution in [2.24, 2.45) is 5.73 Å². The molecule has 5 nitrogen and oxygen atoms in total. The van der Waals surface area contributed by atoms with E-state index in [4.69, 9.17) is 10.5 Å². The zero-order valence-electron chi connectivity index (χ0n) is 11.0. The van der Waals surface area contributed by atoms with Gasteiger partial charge in [0, 0.05) is 5.54 Å². The highest BCUT2D eigenvalue weighted by molar-refractivity contribution is 5.96. The van der Waals surface area contributed by atoms with Crippen LogP contribution in [0.25, 0.3) is 0 Å². The fourth-order valence-electron chi connectivity index (χ4n) is 1.36. The minimum Gasteiger partial charge on any atom is -0.409 e. The Bertz CT molecular complexity index is 476. The number of hydrogen-bond donors (Lipinski definition) is 2. The Morgan fingerprint density at radius 1 is 1.28 bits per heavy atom. The number of carbonyl (C=O) groups is 2. The average Bonchev–Trinajstić information content (AvgIpc) is 2.17. The van der Waals surface area contributed by atoms with E-state index in [1.165, 1.54) is 0 Å². The zero-order chi connectivity index (χ0) is 13.9. The Balaban J connectivity index is 2.91. The highest BCUT2D eigenvalue weighted by Crippen LogP contribution is 2.19. The van der Waals surface area contributed by atoms with Gasteiger partial charge < -0.3 is 15.8 Å². The molecule has 2 amide bonds. The van der Waals surface area contributed by atoms with Crippen LogP contribution in [0, 0.1) is 6.92 Å². The quantitative estimate of drug-likeness (QED) is 0.842. The second-order valence-electron chi connectivity index (χ2n) is 5.13. The lowest BCUT2D eigenvalue weighted by molar-refractivity contribution is 0.0997. The maximum atomic E-state index is 11.6. The lowest BCUT2D eigenvalue weighted by Crippen LogP contribution is -2.42. The predicted octanol–water partition coefficient (Wildman–Crippen LogP) is 1.98. The molecule has 5 heteroatoms. The van der Waals surface area contributed by atoms with Crippen molar-refractivity contribution < 1.29 is 14.3 Å². The number of nitrogens with two attached hydrogens (primary N) is 1. The molecule has 0 radical (unpaired) electrons. The number of aryl methyl sites for hydroxylation is 1. The molecule has 98 valence electrons. The molecule has 0 heterocycles. The van der Waals surface area contributed by atoms with Crippen LogP contribution in [0.2, 0.25) is 0 Å².